The molecule has 0 saturated carbocycles. The second-order valence-corrected chi connectivity index (χ2v) is 6.74. The number of carbonyl (C=O) groups excluding carboxylic acids is 3. The van der Waals surface area contributed by atoms with Crippen molar-refractivity contribution in [3.05, 3.63) is 0 Å². The van der Waals surface area contributed by atoms with Crippen LogP contribution in [0.2, 0.25) is 0 Å². The maximum absolute atomic E-state index is 12.4. The Labute approximate surface area is 142 Å². The molecule has 0 unspecified atom stereocenters. The van der Waals surface area contributed by atoms with Crippen molar-refractivity contribution in [3.8, 4) is 0 Å². The largest absolute Gasteiger partial charge is 0.458 e. The van der Waals surface area contributed by atoms with E-state index in [1.807, 2.05) is 0 Å². The number of amides is 1. The molecule has 0 heterocycles. The Balaban J connectivity index is 5.82. The van der Waals surface area contributed by atoms with E-state index in [9.17, 15) is 14.4 Å². The van der Waals surface area contributed by atoms with E-state index in [1.165, 1.54) is 20.8 Å². The summed E-state index contributed by atoms with van der Waals surface area (Å²) < 4.78 is 40.4. The van der Waals surface area contributed by atoms with E-state index in [1.54, 1.807) is 20.8 Å². The van der Waals surface area contributed by atoms with Crippen LogP contribution in [0.5, 0.6) is 0 Å². The normalized spacial score (nSPS) is 18.9. The van der Waals surface area contributed by atoms with Gasteiger partial charge in [0.25, 0.3) is 0 Å². The van der Waals surface area contributed by atoms with E-state index in [-0.39, 0.29) is 0 Å². The second kappa shape index (κ2) is 8.14. The van der Waals surface area contributed by atoms with Crippen molar-refractivity contribution in [2.45, 2.75) is 72.0 Å². The minimum Gasteiger partial charge on any atom is -0.458 e. The van der Waals surface area contributed by atoms with Gasteiger partial charge in [-0.2, -0.15) is 5.26 Å². The standard InChI is InChI=1S/C15H27NO7/c1-9(11(17)23-20)8-10(12(18)21-14(2,3)4)16-13(19)22-15(5,6)7/h9-10,20H,8H2,1-7H3,(H,16,19)/t9-,10-/m0/s1/i1D3,8D/t8-,9-,10-. The molecule has 0 bridgehead atoms. The fourth-order valence-corrected chi connectivity index (χ4v) is 1.31. The number of alkyl carbamates (subject to hydrolysis) is 1. The lowest BCUT2D eigenvalue weighted by Gasteiger charge is -2.27. The molecule has 0 fully saturated rings. The van der Waals surface area contributed by atoms with E-state index in [2.05, 4.69) is 10.2 Å². The van der Waals surface area contributed by atoms with Crippen LogP contribution in [0.1, 0.15) is 60.3 Å². The first kappa shape index (κ1) is 14.7. The lowest BCUT2D eigenvalue weighted by atomic mass is 10.0. The third-order valence-electron chi connectivity index (χ3n) is 2.06. The summed E-state index contributed by atoms with van der Waals surface area (Å²) in [6.07, 6.45) is -3.17. The minimum absolute atomic E-state index is 0.937. The molecule has 1 amide bonds. The predicted molar refractivity (Wildman–Crippen MR) is 81.5 cm³/mol. The van der Waals surface area contributed by atoms with Gasteiger partial charge in [-0.1, -0.05) is 6.85 Å². The molecule has 0 aromatic rings. The van der Waals surface area contributed by atoms with Crippen LogP contribution in [0, 0.1) is 5.92 Å². The Bertz CT molecular complexity index is 552. The summed E-state index contributed by atoms with van der Waals surface area (Å²) >= 11 is 0. The smallest absolute Gasteiger partial charge is 0.408 e. The molecule has 23 heavy (non-hydrogen) atoms. The van der Waals surface area contributed by atoms with Gasteiger partial charge < -0.3 is 19.7 Å². The van der Waals surface area contributed by atoms with Crippen molar-refractivity contribution >= 4 is 18.0 Å². The summed E-state index contributed by atoms with van der Waals surface area (Å²) in [5.74, 6) is -5.02. The number of nitrogens with one attached hydrogen (secondary N) is 1. The van der Waals surface area contributed by atoms with Crippen molar-refractivity contribution in [3.63, 3.8) is 0 Å². The molecule has 0 aromatic heterocycles. The first-order valence-electron chi connectivity index (χ1n) is 8.96. The van der Waals surface area contributed by atoms with E-state index in [0.29, 0.717) is 0 Å². The molecule has 0 spiro atoms. The average Bonchev–Trinajstić information content (AvgIpc) is 2.38. The molecule has 0 saturated heterocycles. The number of rotatable bonds is 5. The third kappa shape index (κ3) is 9.72. The molecule has 3 atom stereocenters. The van der Waals surface area contributed by atoms with Gasteiger partial charge in [0.05, 0.1) is 5.92 Å². The maximum atomic E-state index is 12.4. The quantitative estimate of drug-likeness (QED) is 0.342. The van der Waals surface area contributed by atoms with Crippen LogP contribution in [0.4, 0.5) is 4.79 Å². The van der Waals surface area contributed by atoms with Crippen LogP contribution in [0.15, 0.2) is 0 Å². The number of carbonyl (C=O) groups is 3. The molecule has 8 heteroatoms. The van der Waals surface area contributed by atoms with Gasteiger partial charge in [-0.15, -0.1) is 0 Å². The number of esters is 1. The Morgan fingerprint density at radius 3 is 2.00 bits per heavy atom. The first-order chi connectivity index (χ1) is 11.9. The highest BCUT2D eigenvalue weighted by Gasteiger charge is 2.32. The van der Waals surface area contributed by atoms with Gasteiger partial charge >= 0.3 is 18.0 Å². The molecule has 2 N–H and O–H groups in total. The van der Waals surface area contributed by atoms with Crippen LogP contribution in [0.3, 0.4) is 0 Å². The highest BCUT2D eigenvalue weighted by atomic mass is 17.1. The van der Waals surface area contributed by atoms with E-state index >= 15 is 0 Å². The van der Waals surface area contributed by atoms with Crippen molar-refractivity contribution < 1.29 is 39.5 Å². The minimum atomic E-state index is -3.10. The van der Waals surface area contributed by atoms with Gasteiger partial charge in [-0.05, 0) is 47.9 Å². The topological polar surface area (TPSA) is 111 Å². The molecular weight excluding hydrogens is 306 g/mol. The monoisotopic (exact) mass is 337 g/mol. The zero-order chi connectivity index (χ0) is 21.8. The number of hydrogen-bond donors (Lipinski definition) is 2. The SMILES string of the molecule is [2H][C@H]([C@H](NC(=O)OC(C)(C)C)C(=O)OC(C)(C)C)[C@@H](C(=O)OO)C([2H])([2H])[2H]. The second-order valence-electron chi connectivity index (χ2n) is 6.74. The predicted octanol–water partition coefficient (Wildman–Crippen LogP) is 2.26. The fraction of sp³-hybridized carbons (Fsp3) is 0.800. The van der Waals surface area contributed by atoms with Crippen molar-refractivity contribution in [2.24, 2.45) is 5.92 Å². The summed E-state index contributed by atoms with van der Waals surface area (Å²) in [5.41, 5.74) is -1.95. The third-order valence-corrected chi connectivity index (χ3v) is 2.06. The zero-order valence-corrected chi connectivity index (χ0v) is 14.1. The summed E-state index contributed by atoms with van der Waals surface area (Å²) in [7, 11) is 0. The Kier molecular flexibility index (Phi) is 5.22. The van der Waals surface area contributed by atoms with Gasteiger partial charge in [-0.3, -0.25) is 0 Å². The van der Waals surface area contributed by atoms with Crippen molar-refractivity contribution in [2.75, 3.05) is 0 Å². The number of hydrogen-bond acceptors (Lipinski definition) is 7. The van der Waals surface area contributed by atoms with Gasteiger partial charge in [0.15, 0.2) is 0 Å². The highest BCUT2D eigenvalue weighted by Crippen LogP contribution is 2.15. The summed E-state index contributed by atoms with van der Waals surface area (Å²) in [5, 5.41) is 10.6. The van der Waals surface area contributed by atoms with Gasteiger partial charge in [0.1, 0.15) is 17.2 Å². The van der Waals surface area contributed by atoms with E-state index in [4.69, 9.17) is 20.2 Å². The van der Waals surface area contributed by atoms with Gasteiger partial charge in [0.2, 0.25) is 0 Å². The lowest BCUT2D eigenvalue weighted by Crippen LogP contribution is -2.47. The average molecular weight is 337 g/mol. The molecule has 0 aromatic carbocycles. The van der Waals surface area contributed by atoms with E-state index in [0.717, 1.165) is 0 Å². The van der Waals surface area contributed by atoms with Crippen LogP contribution in [0.25, 0.3) is 0 Å². The van der Waals surface area contributed by atoms with Crippen molar-refractivity contribution in [1.82, 2.24) is 5.32 Å². The Hall–Kier alpha value is -1.83. The summed E-state index contributed by atoms with van der Waals surface area (Å²) in [4.78, 5) is 39.6. The lowest BCUT2D eigenvalue weighted by molar-refractivity contribution is -0.238. The van der Waals surface area contributed by atoms with Crippen LogP contribution in [-0.4, -0.2) is 40.5 Å². The van der Waals surface area contributed by atoms with Crippen LogP contribution < -0.4 is 5.32 Å². The fourth-order valence-electron chi connectivity index (χ4n) is 1.31. The molecule has 0 aliphatic rings. The molecular formula is C15H27NO7. The Morgan fingerprint density at radius 1 is 1.09 bits per heavy atom. The molecule has 0 rings (SSSR count). The van der Waals surface area contributed by atoms with Crippen molar-refractivity contribution in [1.29, 1.82) is 0 Å². The summed E-state index contributed by atoms with van der Waals surface area (Å²) in [6.45, 7) is 6.15. The van der Waals surface area contributed by atoms with Crippen LogP contribution in [-0.2, 0) is 24.0 Å². The molecule has 134 valence electrons. The molecule has 0 radical (unpaired) electrons. The maximum Gasteiger partial charge on any atom is 0.408 e. The van der Waals surface area contributed by atoms with Gasteiger partial charge in [-0.25, -0.2) is 14.4 Å². The zero-order valence-electron chi connectivity index (χ0n) is 18.1. The summed E-state index contributed by atoms with van der Waals surface area (Å²) in [6, 6.07) is -1.87. The molecule has 0 aliphatic carbocycles. The van der Waals surface area contributed by atoms with Crippen LogP contribution >= 0.6 is 0 Å². The number of ether oxygens (including phenoxy) is 2. The Morgan fingerprint density at radius 2 is 1.61 bits per heavy atom. The molecule has 0 aliphatic heterocycles. The molecule has 8 nitrogen and oxygen atoms in total. The highest BCUT2D eigenvalue weighted by molar-refractivity contribution is 5.82. The van der Waals surface area contributed by atoms with E-state index < -0.39 is 54.4 Å². The first-order valence-corrected chi connectivity index (χ1v) is 6.89. The van der Waals surface area contributed by atoms with Gasteiger partial charge in [0, 0.05) is 5.48 Å².